The van der Waals surface area contributed by atoms with Crippen LogP contribution in [0.4, 0.5) is 0 Å². The molecule has 0 radical (unpaired) electrons. The average molecular weight is 251 g/mol. The van der Waals surface area contributed by atoms with Crippen LogP contribution in [-0.2, 0) is 4.79 Å². The minimum absolute atomic E-state index is 0.0531. The van der Waals surface area contributed by atoms with Gasteiger partial charge in [0, 0.05) is 13.0 Å². The summed E-state index contributed by atoms with van der Waals surface area (Å²) in [7, 11) is 0. The summed E-state index contributed by atoms with van der Waals surface area (Å²) >= 11 is 0. The third kappa shape index (κ3) is 2.39. The smallest absolute Gasteiger partial charge is 0.223 e. The van der Waals surface area contributed by atoms with Crippen molar-refractivity contribution in [1.29, 1.82) is 0 Å². The molecule has 1 saturated heterocycles. The molecule has 0 aromatic heterocycles. The average Bonchev–Trinajstić information content (AvgIpc) is 2.88. The van der Waals surface area contributed by atoms with Crippen LogP contribution in [0.15, 0.2) is 60.7 Å². The third-order valence-electron chi connectivity index (χ3n) is 3.65. The monoisotopic (exact) mass is 251 g/mol. The van der Waals surface area contributed by atoms with E-state index in [1.807, 2.05) is 41.3 Å². The van der Waals surface area contributed by atoms with Gasteiger partial charge in [-0.1, -0.05) is 60.7 Å². The van der Waals surface area contributed by atoms with Crippen molar-refractivity contribution in [3.63, 3.8) is 0 Å². The molecule has 0 N–H and O–H groups in total. The van der Waals surface area contributed by atoms with Crippen molar-refractivity contribution in [2.24, 2.45) is 0 Å². The number of hydrogen-bond donors (Lipinski definition) is 0. The molecule has 1 heterocycles. The minimum atomic E-state index is 0.0531. The quantitative estimate of drug-likeness (QED) is 0.818. The number of likely N-dealkylation sites (tertiary alicyclic amines) is 1. The molecule has 0 unspecified atom stereocenters. The summed E-state index contributed by atoms with van der Waals surface area (Å²) in [6, 6.07) is 20.6. The van der Waals surface area contributed by atoms with Gasteiger partial charge in [-0.3, -0.25) is 4.79 Å². The summed E-state index contributed by atoms with van der Waals surface area (Å²) in [4.78, 5) is 14.1. The maximum absolute atomic E-state index is 12.1. The summed E-state index contributed by atoms with van der Waals surface area (Å²) in [6.07, 6.45) is 1.64. The summed E-state index contributed by atoms with van der Waals surface area (Å²) in [5.74, 6) is 0.262. The molecule has 0 spiro atoms. The third-order valence-corrected chi connectivity index (χ3v) is 3.65. The van der Waals surface area contributed by atoms with E-state index in [0.29, 0.717) is 6.42 Å². The molecule has 0 atom stereocenters. The maximum atomic E-state index is 12.1. The predicted octanol–water partition coefficient (Wildman–Crippen LogP) is 3.40. The van der Waals surface area contributed by atoms with Gasteiger partial charge in [0.2, 0.25) is 5.91 Å². The highest BCUT2D eigenvalue weighted by Gasteiger charge is 2.29. The Morgan fingerprint density at radius 2 is 1.37 bits per heavy atom. The molecule has 3 rings (SSSR count). The number of rotatable bonds is 3. The van der Waals surface area contributed by atoms with Crippen LogP contribution < -0.4 is 0 Å². The first-order chi connectivity index (χ1) is 9.36. The van der Waals surface area contributed by atoms with Gasteiger partial charge in [0.1, 0.15) is 0 Å². The second-order valence-electron chi connectivity index (χ2n) is 4.91. The molecule has 0 aliphatic carbocycles. The van der Waals surface area contributed by atoms with Crippen LogP contribution in [0.1, 0.15) is 30.0 Å². The van der Waals surface area contributed by atoms with Gasteiger partial charge in [-0.15, -0.1) is 0 Å². The van der Waals surface area contributed by atoms with Crippen molar-refractivity contribution in [2.45, 2.75) is 18.9 Å². The van der Waals surface area contributed by atoms with Crippen LogP contribution >= 0.6 is 0 Å². The standard InChI is InChI=1S/C17H17NO/c19-16-12-7-13-18(16)17(14-8-3-1-4-9-14)15-10-5-2-6-11-15/h1-6,8-11,17H,7,12-13H2. The van der Waals surface area contributed by atoms with Crippen molar-refractivity contribution < 1.29 is 4.79 Å². The molecule has 19 heavy (non-hydrogen) atoms. The lowest BCUT2D eigenvalue weighted by Gasteiger charge is -2.28. The van der Waals surface area contributed by atoms with Gasteiger partial charge in [0.15, 0.2) is 0 Å². The lowest BCUT2D eigenvalue weighted by Crippen LogP contribution is -2.30. The number of carbonyl (C=O) groups excluding carboxylic acids is 1. The van der Waals surface area contributed by atoms with E-state index in [2.05, 4.69) is 24.3 Å². The number of hydrogen-bond acceptors (Lipinski definition) is 1. The second kappa shape index (κ2) is 5.27. The van der Waals surface area contributed by atoms with E-state index in [1.54, 1.807) is 0 Å². The number of benzene rings is 2. The lowest BCUT2D eigenvalue weighted by atomic mass is 9.97. The molecule has 96 valence electrons. The molecule has 1 aliphatic rings. The lowest BCUT2D eigenvalue weighted by molar-refractivity contribution is -0.129. The summed E-state index contributed by atoms with van der Waals surface area (Å²) in [6.45, 7) is 0.854. The van der Waals surface area contributed by atoms with Crippen LogP contribution in [0.3, 0.4) is 0 Å². The Bertz CT molecular complexity index is 510. The number of amides is 1. The van der Waals surface area contributed by atoms with Crippen LogP contribution in [0, 0.1) is 0 Å². The fourth-order valence-corrected chi connectivity index (χ4v) is 2.77. The van der Waals surface area contributed by atoms with Crippen LogP contribution in [0.2, 0.25) is 0 Å². The van der Waals surface area contributed by atoms with E-state index in [-0.39, 0.29) is 11.9 Å². The van der Waals surface area contributed by atoms with Gasteiger partial charge in [0.05, 0.1) is 6.04 Å². The molecular formula is C17H17NO. The van der Waals surface area contributed by atoms with Crippen molar-refractivity contribution in [3.05, 3.63) is 71.8 Å². The van der Waals surface area contributed by atoms with Gasteiger partial charge in [-0.25, -0.2) is 0 Å². The zero-order valence-electron chi connectivity index (χ0n) is 10.8. The first-order valence-corrected chi connectivity index (χ1v) is 6.75. The van der Waals surface area contributed by atoms with E-state index in [0.717, 1.165) is 13.0 Å². The first kappa shape index (κ1) is 12.0. The maximum Gasteiger partial charge on any atom is 0.223 e. The summed E-state index contributed by atoms with van der Waals surface area (Å²) < 4.78 is 0. The molecule has 0 saturated carbocycles. The highest BCUT2D eigenvalue weighted by atomic mass is 16.2. The number of carbonyl (C=O) groups is 1. The molecule has 0 bridgehead atoms. The Balaban J connectivity index is 2.03. The zero-order chi connectivity index (χ0) is 13.1. The molecule has 2 nitrogen and oxygen atoms in total. The van der Waals surface area contributed by atoms with Crippen molar-refractivity contribution in [3.8, 4) is 0 Å². The Hall–Kier alpha value is -2.09. The van der Waals surface area contributed by atoms with Crippen LogP contribution in [0.25, 0.3) is 0 Å². The molecular weight excluding hydrogens is 234 g/mol. The Morgan fingerprint density at radius 3 is 1.79 bits per heavy atom. The SMILES string of the molecule is O=C1CCCN1C(c1ccccc1)c1ccccc1. The first-order valence-electron chi connectivity index (χ1n) is 6.75. The van der Waals surface area contributed by atoms with E-state index < -0.39 is 0 Å². The van der Waals surface area contributed by atoms with Crippen molar-refractivity contribution in [1.82, 2.24) is 4.90 Å². The summed E-state index contributed by atoms with van der Waals surface area (Å²) in [5.41, 5.74) is 2.37. The van der Waals surface area contributed by atoms with Gasteiger partial charge in [-0.2, -0.15) is 0 Å². The molecule has 2 aromatic carbocycles. The molecule has 1 fully saturated rings. The van der Waals surface area contributed by atoms with Gasteiger partial charge in [-0.05, 0) is 17.5 Å². The topological polar surface area (TPSA) is 20.3 Å². The highest BCUT2D eigenvalue weighted by Crippen LogP contribution is 2.31. The van der Waals surface area contributed by atoms with Crippen molar-refractivity contribution >= 4 is 5.91 Å². The normalized spacial score (nSPS) is 15.2. The number of nitrogens with zero attached hydrogens (tertiary/aromatic N) is 1. The predicted molar refractivity (Wildman–Crippen MR) is 75.7 cm³/mol. The van der Waals surface area contributed by atoms with Crippen LogP contribution in [0.5, 0.6) is 0 Å². The highest BCUT2D eigenvalue weighted by molar-refractivity contribution is 5.79. The van der Waals surface area contributed by atoms with Crippen molar-refractivity contribution in [2.75, 3.05) is 6.54 Å². The fourth-order valence-electron chi connectivity index (χ4n) is 2.77. The van der Waals surface area contributed by atoms with Gasteiger partial charge < -0.3 is 4.90 Å². The summed E-state index contributed by atoms with van der Waals surface area (Å²) in [5, 5.41) is 0. The Kier molecular flexibility index (Phi) is 3.32. The Morgan fingerprint density at radius 1 is 0.842 bits per heavy atom. The van der Waals surface area contributed by atoms with Crippen LogP contribution in [-0.4, -0.2) is 17.4 Å². The molecule has 2 aromatic rings. The fraction of sp³-hybridized carbons (Fsp3) is 0.235. The Labute approximate surface area is 113 Å². The van der Waals surface area contributed by atoms with E-state index in [4.69, 9.17) is 0 Å². The van der Waals surface area contributed by atoms with E-state index in [1.165, 1.54) is 11.1 Å². The van der Waals surface area contributed by atoms with Gasteiger partial charge in [0.25, 0.3) is 0 Å². The van der Waals surface area contributed by atoms with E-state index >= 15 is 0 Å². The molecule has 2 heteroatoms. The van der Waals surface area contributed by atoms with Gasteiger partial charge >= 0.3 is 0 Å². The largest absolute Gasteiger partial charge is 0.332 e. The van der Waals surface area contributed by atoms with E-state index in [9.17, 15) is 4.79 Å². The molecule has 1 aliphatic heterocycles. The molecule has 1 amide bonds. The zero-order valence-corrected chi connectivity index (χ0v) is 10.8. The minimum Gasteiger partial charge on any atom is -0.332 e. The second-order valence-corrected chi connectivity index (χ2v) is 4.91.